The first kappa shape index (κ1) is 17.2. The molecule has 1 fully saturated rings. The van der Waals surface area contributed by atoms with Gasteiger partial charge in [-0.1, -0.05) is 6.07 Å². The molecule has 0 unspecified atom stereocenters. The van der Waals surface area contributed by atoms with Gasteiger partial charge in [-0.3, -0.25) is 9.20 Å². The van der Waals surface area contributed by atoms with Crippen LogP contribution >= 0.6 is 0 Å². The number of fused-ring (bicyclic) bond motifs is 1. The molecule has 0 aromatic carbocycles. The molecular formula is C20H20N4O3. The number of nitrogens with zero attached hydrogens (tertiary/aromatic N) is 4. The second-order valence-corrected chi connectivity index (χ2v) is 6.67. The van der Waals surface area contributed by atoms with Gasteiger partial charge in [-0.2, -0.15) is 0 Å². The van der Waals surface area contributed by atoms with Crippen LogP contribution in [0.1, 0.15) is 34.5 Å². The van der Waals surface area contributed by atoms with Gasteiger partial charge in [0.15, 0.2) is 0 Å². The van der Waals surface area contributed by atoms with Crippen molar-refractivity contribution in [1.29, 1.82) is 0 Å². The fourth-order valence-corrected chi connectivity index (χ4v) is 3.29. The highest BCUT2D eigenvalue weighted by molar-refractivity contribution is 5.94. The van der Waals surface area contributed by atoms with E-state index in [1.54, 1.807) is 30.6 Å². The molecule has 0 N–H and O–H groups in total. The molecule has 1 aliphatic heterocycles. The van der Waals surface area contributed by atoms with Crippen LogP contribution in [0.4, 0.5) is 5.82 Å². The summed E-state index contributed by atoms with van der Waals surface area (Å²) in [6.07, 6.45) is 5.60. The first-order valence-electron chi connectivity index (χ1n) is 8.98. The average molecular weight is 364 g/mol. The minimum absolute atomic E-state index is 0.0627. The van der Waals surface area contributed by atoms with Crippen LogP contribution < -0.4 is 10.5 Å². The van der Waals surface area contributed by atoms with Gasteiger partial charge in [0, 0.05) is 31.5 Å². The summed E-state index contributed by atoms with van der Waals surface area (Å²) < 4.78 is 6.91. The molecule has 1 saturated heterocycles. The molecule has 0 radical (unpaired) electrons. The van der Waals surface area contributed by atoms with E-state index in [4.69, 9.17) is 4.74 Å². The number of hydrogen-bond acceptors (Lipinski definition) is 6. The highest BCUT2D eigenvalue weighted by Gasteiger charge is 2.21. The summed E-state index contributed by atoms with van der Waals surface area (Å²) in [6.45, 7) is 3.62. The molecule has 138 valence electrons. The number of carbonyl (C=O) groups is 1. The Morgan fingerprint density at radius 1 is 1.22 bits per heavy atom. The van der Waals surface area contributed by atoms with Crippen LogP contribution in [0.5, 0.6) is 0 Å². The highest BCUT2D eigenvalue weighted by Crippen LogP contribution is 2.22. The summed E-state index contributed by atoms with van der Waals surface area (Å²) in [6, 6.07) is 8.49. The summed E-state index contributed by atoms with van der Waals surface area (Å²) in [7, 11) is 0. The monoisotopic (exact) mass is 364 g/mol. The average Bonchev–Trinajstić information content (AvgIpc) is 3.21. The molecule has 0 aliphatic carbocycles. The number of carbonyl (C=O) groups excluding carboxylic acids is 1. The fraction of sp³-hybridized carbons (Fsp3) is 0.300. The number of aryl methyl sites for hydroxylation is 1. The van der Waals surface area contributed by atoms with Crippen LogP contribution in [-0.4, -0.2) is 33.4 Å². The summed E-state index contributed by atoms with van der Waals surface area (Å²) in [4.78, 5) is 35.7. The number of aromatic nitrogens is 3. The van der Waals surface area contributed by atoms with Crippen molar-refractivity contribution in [2.75, 3.05) is 18.0 Å². The van der Waals surface area contributed by atoms with Crippen LogP contribution in [0.3, 0.4) is 0 Å². The van der Waals surface area contributed by atoms with Crippen molar-refractivity contribution in [3.05, 3.63) is 69.9 Å². The molecule has 7 nitrogen and oxygen atoms in total. The zero-order valence-electron chi connectivity index (χ0n) is 15.1. The van der Waals surface area contributed by atoms with Gasteiger partial charge >= 0.3 is 5.97 Å². The van der Waals surface area contributed by atoms with Crippen molar-refractivity contribution >= 4 is 17.4 Å². The summed E-state index contributed by atoms with van der Waals surface area (Å²) in [5.74, 6) is 0.193. The molecule has 3 aromatic heterocycles. The molecule has 0 atom stereocenters. The Hall–Kier alpha value is -3.22. The zero-order chi connectivity index (χ0) is 18.8. The van der Waals surface area contributed by atoms with Crippen molar-refractivity contribution in [2.45, 2.75) is 26.4 Å². The van der Waals surface area contributed by atoms with E-state index in [9.17, 15) is 9.59 Å². The number of pyridine rings is 2. The standard InChI is InChI=1S/C20H20N4O3/c1-14-6-7-17-22-15(11-18(25)24(17)12-14)13-27-20(26)16-5-4-8-21-19(16)23-9-2-3-10-23/h4-8,11-12H,2-3,9-10,13H2,1H3. The van der Waals surface area contributed by atoms with Gasteiger partial charge < -0.3 is 9.64 Å². The number of ether oxygens (including phenoxy) is 1. The van der Waals surface area contributed by atoms with Gasteiger partial charge in [-0.25, -0.2) is 14.8 Å². The lowest BCUT2D eigenvalue weighted by Gasteiger charge is -2.18. The Labute approximate surface area is 156 Å². The van der Waals surface area contributed by atoms with E-state index in [1.165, 1.54) is 10.5 Å². The predicted molar refractivity (Wildman–Crippen MR) is 101 cm³/mol. The van der Waals surface area contributed by atoms with Crippen molar-refractivity contribution in [3.8, 4) is 0 Å². The molecule has 1 aliphatic rings. The van der Waals surface area contributed by atoms with Gasteiger partial charge in [-0.15, -0.1) is 0 Å². The van der Waals surface area contributed by atoms with Crippen LogP contribution in [0.2, 0.25) is 0 Å². The Kier molecular flexibility index (Phi) is 4.58. The minimum Gasteiger partial charge on any atom is -0.455 e. The van der Waals surface area contributed by atoms with Gasteiger partial charge in [0.1, 0.15) is 23.6 Å². The topological polar surface area (TPSA) is 76.8 Å². The van der Waals surface area contributed by atoms with E-state index < -0.39 is 5.97 Å². The molecule has 4 rings (SSSR count). The van der Waals surface area contributed by atoms with Crippen molar-refractivity contribution in [2.24, 2.45) is 0 Å². The molecule has 7 heteroatoms. The smallest absolute Gasteiger partial charge is 0.342 e. The van der Waals surface area contributed by atoms with Gasteiger partial charge in [0.25, 0.3) is 5.56 Å². The summed E-state index contributed by atoms with van der Waals surface area (Å²) in [5.41, 5.74) is 2.15. The molecule has 0 saturated carbocycles. The molecule has 0 bridgehead atoms. The number of esters is 1. The lowest BCUT2D eigenvalue weighted by molar-refractivity contribution is 0.0468. The maximum Gasteiger partial charge on any atom is 0.342 e. The van der Waals surface area contributed by atoms with E-state index in [2.05, 4.69) is 14.9 Å². The Bertz CT molecular complexity index is 1050. The Balaban J connectivity index is 1.54. The van der Waals surface area contributed by atoms with E-state index in [0.717, 1.165) is 31.5 Å². The third kappa shape index (κ3) is 3.53. The summed E-state index contributed by atoms with van der Waals surface area (Å²) >= 11 is 0. The summed E-state index contributed by atoms with van der Waals surface area (Å²) in [5, 5.41) is 0. The van der Waals surface area contributed by atoms with Crippen LogP contribution in [0.15, 0.2) is 47.5 Å². The zero-order valence-corrected chi connectivity index (χ0v) is 15.1. The minimum atomic E-state index is -0.462. The van der Waals surface area contributed by atoms with E-state index in [1.807, 2.05) is 13.0 Å². The Morgan fingerprint density at radius 2 is 2.04 bits per heavy atom. The molecule has 0 spiro atoms. The largest absolute Gasteiger partial charge is 0.455 e. The molecular weight excluding hydrogens is 344 g/mol. The first-order chi connectivity index (χ1) is 13.1. The van der Waals surface area contributed by atoms with Gasteiger partial charge in [0.05, 0.1) is 5.69 Å². The quantitative estimate of drug-likeness (QED) is 0.662. The maximum atomic E-state index is 12.6. The second kappa shape index (κ2) is 7.19. The van der Waals surface area contributed by atoms with E-state index >= 15 is 0 Å². The van der Waals surface area contributed by atoms with Crippen LogP contribution in [-0.2, 0) is 11.3 Å². The number of anilines is 1. The predicted octanol–water partition coefficient (Wildman–Crippen LogP) is 2.36. The highest BCUT2D eigenvalue weighted by atomic mass is 16.5. The molecule has 3 aromatic rings. The van der Waals surface area contributed by atoms with Crippen LogP contribution in [0.25, 0.3) is 5.65 Å². The lowest BCUT2D eigenvalue weighted by Crippen LogP contribution is -2.23. The first-order valence-corrected chi connectivity index (χ1v) is 8.98. The SMILES string of the molecule is Cc1ccc2nc(COC(=O)c3cccnc3N3CCCC3)cc(=O)n2c1. The molecule has 27 heavy (non-hydrogen) atoms. The van der Waals surface area contributed by atoms with Gasteiger partial charge in [0.2, 0.25) is 0 Å². The van der Waals surface area contributed by atoms with Crippen molar-refractivity contribution in [3.63, 3.8) is 0 Å². The van der Waals surface area contributed by atoms with E-state index in [-0.39, 0.29) is 12.2 Å². The number of rotatable bonds is 4. The van der Waals surface area contributed by atoms with Gasteiger partial charge in [-0.05, 0) is 43.5 Å². The second-order valence-electron chi connectivity index (χ2n) is 6.67. The van der Waals surface area contributed by atoms with E-state index in [0.29, 0.717) is 22.7 Å². The normalized spacial score (nSPS) is 13.9. The third-order valence-electron chi connectivity index (χ3n) is 4.62. The van der Waals surface area contributed by atoms with Crippen LogP contribution in [0, 0.1) is 6.92 Å². The lowest BCUT2D eigenvalue weighted by atomic mass is 10.2. The maximum absolute atomic E-state index is 12.6. The third-order valence-corrected chi connectivity index (χ3v) is 4.62. The molecule has 0 amide bonds. The number of hydrogen-bond donors (Lipinski definition) is 0. The molecule has 4 heterocycles. The fourth-order valence-electron chi connectivity index (χ4n) is 3.29. The van der Waals surface area contributed by atoms with Crippen molar-refractivity contribution in [1.82, 2.24) is 14.4 Å². The van der Waals surface area contributed by atoms with Crippen molar-refractivity contribution < 1.29 is 9.53 Å². The Morgan fingerprint density at radius 3 is 2.85 bits per heavy atom.